The zero-order valence-electron chi connectivity index (χ0n) is 14.5. The minimum atomic E-state index is -1.48. The molecule has 0 aliphatic heterocycles. The molecule has 0 aliphatic carbocycles. The van der Waals surface area contributed by atoms with Crippen molar-refractivity contribution in [1.82, 2.24) is 5.32 Å². The van der Waals surface area contributed by atoms with Crippen molar-refractivity contribution in [1.29, 1.82) is 0 Å². The van der Waals surface area contributed by atoms with E-state index in [4.69, 9.17) is 17.3 Å². The molecule has 0 radical (unpaired) electrons. The molecule has 6 heteroatoms. The average molecular weight is 391 g/mol. The van der Waals surface area contributed by atoms with Crippen molar-refractivity contribution in [3.8, 4) is 0 Å². The first-order chi connectivity index (χ1) is 12.9. The van der Waals surface area contributed by atoms with Crippen molar-refractivity contribution in [2.75, 3.05) is 5.73 Å². The minimum absolute atomic E-state index is 0.0387. The van der Waals surface area contributed by atoms with E-state index in [1.165, 1.54) is 6.07 Å². The molecule has 0 saturated heterocycles. The summed E-state index contributed by atoms with van der Waals surface area (Å²) in [7, 11) is 0. The lowest BCUT2D eigenvalue weighted by Gasteiger charge is -2.25. The first-order valence-electron chi connectivity index (χ1n) is 8.37. The van der Waals surface area contributed by atoms with Crippen molar-refractivity contribution < 1.29 is 13.2 Å². The Morgan fingerprint density at radius 2 is 1.59 bits per heavy atom. The van der Waals surface area contributed by atoms with Gasteiger partial charge in [-0.05, 0) is 48.4 Å². The second kappa shape index (κ2) is 8.03. The Labute approximate surface area is 160 Å². The molecule has 0 bridgehead atoms. The summed E-state index contributed by atoms with van der Waals surface area (Å²) in [4.78, 5) is 0. The predicted octanol–water partition coefficient (Wildman–Crippen LogP) is 5.78. The Morgan fingerprint density at radius 1 is 0.889 bits per heavy atom. The summed E-state index contributed by atoms with van der Waals surface area (Å²) < 4.78 is 41.1. The fourth-order valence-electron chi connectivity index (χ4n) is 2.99. The topological polar surface area (TPSA) is 38.0 Å². The van der Waals surface area contributed by atoms with Crippen LogP contribution < -0.4 is 11.1 Å². The minimum Gasteiger partial charge on any atom is -0.399 e. The molecule has 0 fully saturated rings. The number of benzene rings is 3. The summed E-state index contributed by atoms with van der Waals surface area (Å²) in [5.41, 5.74) is 8.25. The van der Waals surface area contributed by atoms with Gasteiger partial charge in [0.15, 0.2) is 17.5 Å². The maximum atomic E-state index is 14.2. The summed E-state index contributed by atoms with van der Waals surface area (Å²) >= 11 is 5.98. The monoisotopic (exact) mass is 390 g/mol. The van der Waals surface area contributed by atoms with Crippen LogP contribution >= 0.6 is 11.6 Å². The molecular weight excluding hydrogens is 373 g/mol. The van der Waals surface area contributed by atoms with Gasteiger partial charge in [0.1, 0.15) is 0 Å². The third-order valence-electron chi connectivity index (χ3n) is 4.40. The number of rotatable bonds is 5. The van der Waals surface area contributed by atoms with E-state index in [0.29, 0.717) is 10.7 Å². The maximum Gasteiger partial charge on any atom is 0.194 e. The van der Waals surface area contributed by atoms with Crippen LogP contribution in [0.25, 0.3) is 0 Å². The maximum absolute atomic E-state index is 14.2. The first-order valence-corrected chi connectivity index (χ1v) is 8.75. The fraction of sp³-hybridized carbons (Fsp3) is 0.143. The van der Waals surface area contributed by atoms with E-state index in [2.05, 4.69) is 5.32 Å². The Hall–Kier alpha value is -2.50. The Bertz CT molecular complexity index is 945. The van der Waals surface area contributed by atoms with Crippen LogP contribution in [0, 0.1) is 17.5 Å². The molecule has 3 N–H and O–H groups in total. The number of hydrogen-bond acceptors (Lipinski definition) is 2. The molecule has 0 heterocycles. The smallest absolute Gasteiger partial charge is 0.194 e. The van der Waals surface area contributed by atoms with Crippen LogP contribution in [-0.2, 0) is 0 Å². The van der Waals surface area contributed by atoms with Gasteiger partial charge in [-0.25, -0.2) is 13.2 Å². The van der Waals surface area contributed by atoms with Gasteiger partial charge >= 0.3 is 0 Å². The van der Waals surface area contributed by atoms with Crippen molar-refractivity contribution in [3.63, 3.8) is 0 Å². The van der Waals surface area contributed by atoms with Gasteiger partial charge < -0.3 is 5.73 Å². The van der Waals surface area contributed by atoms with E-state index in [1.807, 2.05) is 24.3 Å². The highest BCUT2D eigenvalue weighted by Crippen LogP contribution is 2.29. The van der Waals surface area contributed by atoms with Crippen LogP contribution in [0.4, 0.5) is 18.9 Å². The Balaban J connectivity index is 1.98. The molecule has 2 nitrogen and oxygen atoms in total. The first kappa shape index (κ1) is 19.3. The molecule has 0 spiro atoms. The summed E-state index contributed by atoms with van der Waals surface area (Å²) in [5, 5.41) is 3.86. The molecule has 2 atom stereocenters. The van der Waals surface area contributed by atoms with Crippen LogP contribution in [-0.4, -0.2) is 0 Å². The third kappa shape index (κ3) is 4.26. The van der Waals surface area contributed by atoms with Crippen molar-refractivity contribution in [2.45, 2.75) is 19.0 Å². The van der Waals surface area contributed by atoms with E-state index in [-0.39, 0.29) is 11.6 Å². The zero-order chi connectivity index (χ0) is 19.6. The molecule has 3 aromatic rings. The summed E-state index contributed by atoms with van der Waals surface area (Å²) in [6.07, 6.45) is 0. The fourth-order valence-corrected chi connectivity index (χ4v) is 3.12. The number of hydrogen-bond donors (Lipinski definition) is 2. The van der Waals surface area contributed by atoms with Crippen LogP contribution in [0.15, 0.2) is 60.7 Å². The zero-order valence-corrected chi connectivity index (χ0v) is 15.3. The molecule has 0 aliphatic rings. The quantitative estimate of drug-likeness (QED) is 0.428. The van der Waals surface area contributed by atoms with Crippen LogP contribution in [0.1, 0.15) is 35.7 Å². The lowest BCUT2D eigenvalue weighted by molar-refractivity contribution is 0.423. The van der Waals surface area contributed by atoms with E-state index in [0.717, 1.165) is 17.2 Å². The molecular formula is C21H18ClF3N2. The molecule has 2 unspecified atom stereocenters. The Kier molecular flexibility index (Phi) is 5.73. The van der Waals surface area contributed by atoms with Gasteiger partial charge in [-0.1, -0.05) is 41.9 Å². The molecule has 140 valence electrons. The standard InChI is InChI=1S/C21H18ClF3N2/c1-12(17-9-10-18(23)20(25)19(17)24)27-21(13-5-7-15(22)8-6-13)14-3-2-4-16(26)11-14/h2-12,21,27H,26H2,1H3. The molecule has 0 aromatic heterocycles. The number of anilines is 1. The van der Waals surface area contributed by atoms with Crippen LogP contribution in [0.5, 0.6) is 0 Å². The van der Waals surface area contributed by atoms with E-state index in [1.54, 1.807) is 31.2 Å². The lowest BCUT2D eigenvalue weighted by Crippen LogP contribution is -2.26. The Morgan fingerprint density at radius 3 is 2.26 bits per heavy atom. The van der Waals surface area contributed by atoms with E-state index in [9.17, 15) is 13.2 Å². The van der Waals surface area contributed by atoms with Gasteiger partial charge in [-0.2, -0.15) is 0 Å². The summed E-state index contributed by atoms with van der Waals surface area (Å²) in [6, 6.07) is 15.7. The number of nitrogen functional groups attached to an aromatic ring is 1. The summed E-state index contributed by atoms with van der Waals surface area (Å²) in [6.45, 7) is 1.69. The predicted molar refractivity (Wildman–Crippen MR) is 102 cm³/mol. The van der Waals surface area contributed by atoms with Crippen LogP contribution in [0.2, 0.25) is 5.02 Å². The summed E-state index contributed by atoms with van der Waals surface area (Å²) in [5.74, 6) is -3.89. The van der Waals surface area contributed by atoms with Crippen molar-refractivity contribution >= 4 is 17.3 Å². The van der Waals surface area contributed by atoms with E-state index >= 15 is 0 Å². The van der Waals surface area contributed by atoms with Crippen molar-refractivity contribution in [3.05, 3.63) is 99.8 Å². The van der Waals surface area contributed by atoms with Crippen molar-refractivity contribution in [2.24, 2.45) is 0 Å². The van der Waals surface area contributed by atoms with Gasteiger partial charge in [-0.3, -0.25) is 5.32 Å². The second-order valence-corrected chi connectivity index (χ2v) is 6.74. The van der Waals surface area contributed by atoms with Gasteiger partial charge in [0.25, 0.3) is 0 Å². The molecule has 0 amide bonds. The molecule has 3 rings (SSSR count). The number of nitrogens with one attached hydrogen (secondary N) is 1. The number of nitrogens with two attached hydrogens (primary N) is 1. The third-order valence-corrected chi connectivity index (χ3v) is 4.65. The lowest BCUT2D eigenvalue weighted by atomic mass is 9.96. The highest BCUT2D eigenvalue weighted by atomic mass is 35.5. The van der Waals surface area contributed by atoms with Gasteiger partial charge in [0.05, 0.1) is 6.04 Å². The highest BCUT2D eigenvalue weighted by Gasteiger charge is 2.22. The van der Waals surface area contributed by atoms with E-state index < -0.39 is 23.5 Å². The second-order valence-electron chi connectivity index (χ2n) is 6.31. The largest absolute Gasteiger partial charge is 0.399 e. The van der Waals surface area contributed by atoms with Gasteiger partial charge in [0, 0.05) is 22.3 Å². The molecule has 0 saturated carbocycles. The average Bonchev–Trinajstić information content (AvgIpc) is 2.65. The SMILES string of the molecule is CC(NC(c1ccc(Cl)cc1)c1cccc(N)c1)c1ccc(F)c(F)c1F. The highest BCUT2D eigenvalue weighted by molar-refractivity contribution is 6.30. The van der Waals surface area contributed by atoms with Gasteiger partial charge in [-0.15, -0.1) is 0 Å². The van der Waals surface area contributed by atoms with Gasteiger partial charge in [0.2, 0.25) is 0 Å². The molecule has 27 heavy (non-hydrogen) atoms. The normalized spacial score (nSPS) is 13.4. The molecule has 3 aromatic carbocycles. The van der Waals surface area contributed by atoms with Crippen LogP contribution in [0.3, 0.4) is 0 Å². The number of halogens is 4.